The maximum atomic E-state index is 6.28. The van der Waals surface area contributed by atoms with Gasteiger partial charge in [0.1, 0.15) is 5.75 Å². The number of nitrogens with zero attached hydrogens (tertiary/aromatic N) is 2. The highest BCUT2D eigenvalue weighted by Gasteiger charge is 2.40. The summed E-state index contributed by atoms with van der Waals surface area (Å²) in [6.07, 6.45) is 1.95. The van der Waals surface area contributed by atoms with Crippen molar-refractivity contribution in [1.82, 2.24) is 5.01 Å². The van der Waals surface area contributed by atoms with Gasteiger partial charge in [-0.25, -0.2) is 0 Å². The smallest absolute Gasteiger partial charge is 0.188 e. The van der Waals surface area contributed by atoms with Crippen LogP contribution in [0.25, 0.3) is 0 Å². The topological polar surface area (TPSA) is 24.8 Å². The Bertz CT molecular complexity index is 764. The van der Waals surface area contributed by atoms with Crippen molar-refractivity contribution in [3.8, 4) is 5.75 Å². The number of hydrogen-bond acceptors (Lipinski definition) is 3. The number of aryl methyl sites for hydroxylation is 1. The van der Waals surface area contributed by atoms with Crippen molar-refractivity contribution in [3.05, 3.63) is 65.2 Å². The van der Waals surface area contributed by atoms with E-state index in [1.165, 1.54) is 16.7 Å². The molecule has 4 rings (SSSR count). The van der Waals surface area contributed by atoms with Gasteiger partial charge in [-0.05, 0) is 24.5 Å². The summed E-state index contributed by atoms with van der Waals surface area (Å²) in [4.78, 5) is 0. The van der Waals surface area contributed by atoms with Gasteiger partial charge < -0.3 is 4.74 Å². The van der Waals surface area contributed by atoms with Crippen LogP contribution in [0.3, 0.4) is 0 Å². The summed E-state index contributed by atoms with van der Waals surface area (Å²) in [7, 11) is 0. The van der Waals surface area contributed by atoms with Crippen LogP contribution in [-0.4, -0.2) is 16.9 Å². The molecule has 0 unspecified atom stereocenters. The molecule has 0 radical (unpaired) electrons. The lowest BCUT2D eigenvalue weighted by Gasteiger charge is -2.38. The lowest BCUT2D eigenvalue weighted by molar-refractivity contribution is -0.0291. The van der Waals surface area contributed by atoms with E-state index in [-0.39, 0.29) is 12.3 Å². The Balaban J connectivity index is 1.70. The SMILES string of the molecule is Cc1ccc(C2=NN3[C@H](C2)c2ccccc2O[C@@H]3CC(C)C)cc1. The third kappa shape index (κ3) is 2.68. The average Bonchev–Trinajstić information content (AvgIpc) is 3.01. The first-order valence-corrected chi connectivity index (χ1v) is 8.80. The minimum absolute atomic E-state index is 0.0212. The van der Waals surface area contributed by atoms with Crippen LogP contribution >= 0.6 is 0 Å². The minimum atomic E-state index is 0.0212. The zero-order valence-corrected chi connectivity index (χ0v) is 14.6. The molecule has 2 aliphatic rings. The summed E-state index contributed by atoms with van der Waals surface area (Å²) >= 11 is 0. The number of para-hydroxylation sites is 1. The predicted octanol–water partition coefficient (Wildman–Crippen LogP) is 4.91. The fourth-order valence-corrected chi connectivity index (χ4v) is 3.59. The minimum Gasteiger partial charge on any atom is -0.469 e. The Hall–Kier alpha value is -2.29. The Morgan fingerprint density at radius 1 is 1.12 bits per heavy atom. The van der Waals surface area contributed by atoms with Crippen LogP contribution in [0.15, 0.2) is 53.6 Å². The van der Waals surface area contributed by atoms with E-state index in [4.69, 9.17) is 9.84 Å². The summed E-state index contributed by atoms with van der Waals surface area (Å²) in [6.45, 7) is 6.59. The molecule has 124 valence electrons. The van der Waals surface area contributed by atoms with Gasteiger partial charge in [0.2, 0.25) is 0 Å². The summed E-state index contributed by atoms with van der Waals surface area (Å²) in [6, 6.07) is 17.4. The predicted molar refractivity (Wildman–Crippen MR) is 97.2 cm³/mol. The second kappa shape index (κ2) is 5.97. The lowest BCUT2D eigenvalue weighted by atomic mass is 9.95. The Morgan fingerprint density at radius 2 is 1.88 bits per heavy atom. The van der Waals surface area contributed by atoms with Crippen LogP contribution in [0.2, 0.25) is 0 Å². The molecule has 2 heterocycles. The van der Waals surface area contributed by atoms with E-state index in [0.29, 0.717) is 5.92 Å². The molecule has 0 aliphatic carbocycles. The second-order valence-corrected chi connectivity index (χ2v) is 7.25. The standard InChI is InChI=1S/C21H24N2O/c1-14(2)12-21-23-19(17-6-4-5-7-20(17)24-21)13-18(22-23)16-10-8-15(3)9-11-16/h4-11,14,19,21H,12-13H2,1-3H3/t19-,21-/m1/s1. The molecular weight excluding hydrogens is 296 g/mol. The average molecular weight is 320 g/mol. The summed E-state index contributed by atoms with van der Waals surface area (Å²) in [5, 5.41) is 7.16. The van der Waals surface area contributed by atoms with Crippen LogP contribution in [0.4, 0.5) is 0 Å². The number of hydrogen-bond donors (Lipinski definition) is 0. The van der Waals surface area contributed by atoms with Gasteiger partial charge in [0, 0.05) is 18.4 Å². The summed E-state index contributed by atoms with van der Waals surface area (Å²) in [5.74, 6) is 1.59. The highest BCUT2D eigenvalue weighted by Crippen LogP contribution is 2.43. The van der Waals surface area contributed by atoms with Crippen molar-refractivity contribution >= 4 is 5.71 Å². The summed E-state index contributed by atoms with van der Waals surface area (Å²) in [5.41, 5.74) is 4.91. The van der Waals surface area contributed by atoms with Gasteiger partial charge in [0.15, 0.2) is 6.23 Å². The molecule has 0 saturated carbocycles. The molecule has 0 aromatic heterocycles. The van der Waals surface area contributed by atoms with Crippen molar-refractivity contribution in [2.24, 2.45) is 11.0 Å². The molecule has 0 amide bonds. The normalized spacial score (nSPS) is 22.0. The molecule has 0 bridgehead atoms. The highest BCUT2D eigenvalue weighted by molar-refractivity contribution is 6.02. The van der Waals surface area contributed by atoms with Crippen molar-refractivity contribution in [1.29, 1.82) is 0 Å². The monoisotopic (exact) mass is 320 g/mol. The second-order valence-electron chi connectivity index (χ2n) is 7.25. The largest absolute Gasteiger partial charge is 0.469 e. The number of hydrazone groups is 1. The molecule has 3 heteroatoms. The lowest BCUT2D eigenvalue weighted by Crippen LogP contribution is -2.41. The van der Waals surface area contributed by atoms with Gasteiger partial charge in [-0.1, -0.05) is 61.9 Å². The molecule has 3 nitrogen and oxygen atoms in total. The van der Waals surface area contributed by atoms with Crippen molar-refractivity contribution < 1.29 is 4.74 Å². The zero-order chi connectivity index (χ0) is 16.7. The molecular formula is C21H24N2O. The number of rotatable bonds is 3. The van der Waals surface area contributed by atoms with E-state index in [1.54, 1.807) is 0 Å². The van der Waals surface area contributed by atoms with Gasteiger partial charge >= 0.3 is 0 Å². The molecule has 2 atom stereocenters. The Kier molecular flexibility index (Phi) is 3.79. The molecule has 0 fully saturated rings. The van der Waals surface area contributed by atoms with E-state index < -0.39 is 0 Å². The maximum Gasteiger partial charge on any atom is 0.188 e. The van der Waals surface area contributed by atoms with E-state index in [1.807, 2.05) is 0 Å². The molecule has 0 N–H and O–H groups in total. The van der Waals surface area contributed by atoms with Crippen LogP contribution in [0.5, 0.6) is 5.75 Å². The van der Waals surface area contributed by atoms with Crippen molar-refractivity contribution in [2.75, 3.05) is 0 Å². The van der Waals surface area contributed by atoms with E-state index in [2.05, 4.69) is 74.3 Å². The van der Waals surface area contributed by atoms with Gasteiger partial charge in [-0.2, -0.15) is 5.10 Å². The number of benzene rings is 2. The first kappa shape index (κ1) is 15.3. The van der Waals surface area contributed by atoms with Crippen LogP contribution in [-0.2, 0) is 0 Å². The Morgan fingerprint density at radius 3 is 2.62 bits per heavy atom. The third-order valence-electron chi connectivity index (χ3n) is 4.84. The quantitative estimate of drug-likeness (QED) is 0.802. The van der Waals surface area contributed by atoms with Crippen LogP contribution in [0, 0.1) is 12.8 Å². The van der Waals surface area contributed by atoms with Gasteiger partial charge in [-0.15, -0.1) is 0 Å². The number of ether oxygens (including phenoxy) is 1. The van der Waals surface area contributed by atoms with Crippen molar-refractivity contribution in [2.45, 2.75) is 45.9 Å². The fourth-order valence-electron chi connectivity index (χ4n) is 3.59. The molecule has 2 aromatic rings. The zero-order valence-electron chi connectivity index (χ0n) is 14.6. The van der Waals surface area contributed by atoms with Crippen LogP contribution in [0.1, 0.15) is 49.4 Å². The number of fused-ring (bicyclic) bond motifs is 3. The fraction of sp³-hybridized carbons (Fsp3) is 0.381. The van der Waals surface area contributed by atoms with Gasteiger partial charge in [-0.3, -0.25) is 5.01 Å². The molecule has 0 saturated heterocycles. The summed E-state index contributed by atoms with van der Waals surface area (Å²) < 4.78 is 6.28. The highest BCUT2D eigenvalue weighted by atomic mass is 16.5. The maximum absolute atomic E-state index is 6.28. The first-order chi connectivity index (χ1) is 11.6. The van der Waals surface area contributed by atoms with Crippen LogP contribution < -0.4 is 4.74 Å². The first-order valence-electron chi connectivity index (χ1n) is 8.80. The van der Waals surface area contributed by atoms with Crippen molar-refractivity contribution in [3.63, 3.8) is 0 Å². The van der Waals surface area contributed by atoms with Gasteiger partial charge in [0.25, 0.3) is 0 Å². The van der Waals surface area contributed by atoms with Gasteiger partial charge in [0.05, 0.1) is 11.8 Å². The molecule has 24 heavy (non-hydrogen) atoms. The van der Waals surface area contributed by atoms with E-state index in [0.717, 1.165) is 24.3 Å². The van der Waals surface area contributed by atoms with E-state index in [9.17, 15) is 0 Å². The molecule has 2 aliphatic heterocycles. The Labute approximate surface area is 144 Å². The van der Waals surface area contributed by atoms with E-state index >= 15 is 0 Å². The molecule has 0 spiro atoms. The molecule has 2 aromatic carbocycles. The third-order valence-corrected chi connectivity index (χ3v) is 4.84.